The number of furan rings is 2. The van der Waals surface area contributed by atoms with E-state index in [2.05, 4.69) is 128 Å². The molecule has 0 amide bonds. The largest absolute Gasteiger partial charge is 0.456 e. The predicted molar refractivity (Wildman–Crippen MR) is 181 cm³/mol. The second-order valence-electron chi connectivity index (χ2n) is 12.5. The summed E-state index contributed by atoms with van der Waals surface area (Å²) in [6.07, 6.45) is 0. The molecule has 1 aliphatic rings. The van der Waals surface area contributed by atoms with E-state index in [0.717, 1.165) is 33.5 Å². The van der Waals surface area contributed by atoms with E-state index in [1.807, 2.05) is 18.2 Å². The minimum absolute atomic E-state index is 0.194. The van der Waals surface area contributed by atoms with Crippen LogP contribution in [0.25, 0.3) is 82.9 Å². The second kappa shape index (κ2) is 8.30. The van der Waals surface area contributed by atoms with Crippen LogP contribution in [0.2, 0.25) is 0 Å². The molecule has 0 atom stereocenters. The zero-order valence-electron chi connectivity index (χ0n) is 24.4. The number of para-hydroxylation sites is 3. The first kappa shape index (κ1) is 24.0. The van der Waals surface area contributed by atoms with E-state index in [1.54, 1.807) is 0 Å². The molecule has 3 heterocycles. The number of fused-ring (bicyclic) bond motifs is 11. The molecular formula is C41H27NO2. The van der Waals surface area contributed by atoms with Gasteiger partial charge in [0.25, 0.3) is 0 Å². The molecular weight excluding hydrogens is 538 g/mol. The summed E-state index contributed by atoms with van der Waals surface area (Å²) in [5, 5.41) is 5.98. The highest BCUT2D eigenvalue weighted by Crippen LogP contribution is 2.53. The van der Waals surface area contributed by atoms with Crippen molar-refractivity contribution in [3.8, 4) is 28.1 Å². The van der Waals surface area contributed by atoms with Gasteiger partial charge in [-0.3, -0.25) is 0 Å². The quantitative estimate of drug-likeness (QED) is 0.209. The number of hydrogen-bond acceptors (Lipinski definition) is 2. The fourth-order valence-electron chi connectivity index (χ4n) is 7.78. The van der Waals surface area contributed by atoms with Gasteiger partial charge in [0, 0.05) is 43.6 Å². The Morgan fingerprint density at radius 3 is 2.18 bits per heavy atom. The van der Waals surface area contributed by atoms with Gasteiger partial charge in [0.1, 0.15) is 22.5 Å². The standard InChI is InChI=1S/C41H27NO2/c1-41(2)32-23-26(16-17-27(32)29-18-20-37-39(40(29)41)30-11-5-8-14-36(30)44-37)42-33-12-6-4-10-28(33)31-21-25(15-19-34(31)42)38-22-24-9-3-7-13-35(24)43-38/h3-23H,1-2H3. The second-order valence-corrected chi connectivity index (χ2v) is 12.5. The van der Waals surface area contributed by atoms with Gasteiger partial charge in [-0.2, -0.15) is 0 Å². The topological polar surface area (TPSA) is 31.2 Å². The van der Waals surface area contributed by atoms with E-state index in [1.165, 1.54) is 60.5 Å². The normalized spacial score (nSPS) is 13.9. The van der Waals surface area contributed by atoms with Crippen molar-refractivity contribution >= 4 is 54.7 Å². The molecule has 1 aliphatic carbocycles. The van der Waals surface area contributed by atoms with E-state index in [9.17, 15) is 0 Å². The maximum Gasteiger partial charge on any atom is 0.135 e. The van der Waals surface area contributed by atoms with Crippen molar-refractivity contribution in [2.45, 2.75) is 19.3 Å². The molecule has 0 saturated heterocycles. The van der Waals surface area contributed by atoms with Gasteiger partial charge in [-0.05, 0) is 82.9 Å². The average Bonchev–Trinajstić information content (AvgIpc) is 3.79. The molecule has 44 heavy (non-hydrogen) atoms. The first-order valence-electron chi connectivity index (χ1n) is 15.2. The molecule has 0 N–H and O–H groups in total. The lowest BCUT2D eigenvalue weighted by molar-refractivity contribution is 0.631. The molecule has 0 radical (unpaired) electrons. The zero-order chi connectivity index (χ0) is 29.2. The number of benzene rings is 6. The Morgan fingerprint density at radius 1 is 0.545 bits per heavy atom. The van der Waals surface area contributed by atoms with Crippen molar-refractivity contribution in [1.82, 2.24) is 4.57 Å². The number of aromatic nitrogens is 1. The van der Waals surface area contributed by atoms with E-state index >= 15 is 0 Å². The van der Waals surface area contributed by atoms with Crippen LogP contribution in [0.5, 0.6) is 0 Å². The minimum Gasteiger partial charge on any atom is -0.456 e. The van der Waals surface area contributed by atoms with Crippen molar-refractivity contribution in [1.29, 1.82) is 0 Å². The Labute approximate surface area is 253 Å². The van der Waals surface area contributed by atoms with Crippen LogP contribution in [-0.4, -0.2) is 4.57 Å². The zero-order valence-corrected chi connectivity index (χ0v) is 24.4. The van der Waals surface area contributed by atoms with E-state index < -0.39 is 0 Å². The summed E-state index contributed by atoms with van der Waals surface area (Å²) in [5.41, 5.74) is 12.5. The Balaban J connectivity index is 1.18. The third kappa shape index (κ3) is 3.06. The molecule has 0 aliphatic heterocycles. The van der Waals surface area contributed by atoms with Crippen LogP contribution in [0, 0.1) is 0 Å². The van der Waals surface area contributed by atoms with Crippen molar-refractivity contribution < 1.29 is 8.83 Å². The van der Waals surface area contributed by atoms with Crippen LogP contribution in [0.3, 0.4) is 0 Å². The molecule has 0 spiro atoms. The Bertz CT molecular complexity index is 2610. The molecule has 0 unspecified atom stereocenters. The predicted octanol–water partition coefficient (Wildman–Crippen LogP) is 11.4. The first-order valence-corrected chi connectivity index (χ1v) is 15.2. The van der Waals surface area contributed by atoms with Crippen molar-refractivity contribution in [3.63, 3.8) is 0 Å². The highest BCUT2D eigenvalue weighted by molar-refractivity contribution is 6.12. The third-order valence-electron chi connectivity index (χ3n) is 9.78. The molecule has 0 saturated carbocycles. The minimum atomic E-state index is -0.194. The lowest BCUT2D eigenvalue weighted by atomic mass is 9.80. The van der Waals surface area contributed by atoms with Gasteiger partial charge in [0.05, 0.1) is 11.0 Å². The Kier molecular flexibility index (Phi) is 4.52. The van der Waals surface area contributed by atoms with Gasteiger partial charge >= 0.3 is 0 Å². The van der Waals surface area contributed by atoms with Crippen LogP contribution >= 0.6 is 0 Å². The molecule has 3 nitrogen and oxygen atoms in total. The van der Waals surface area contributed by atoms with Crippen LogP contribution in [0.1, 0.15) is 25.0 Å². The van der Waals surface area contributed by atoms with Gasteiger partial charge in [0.2, 0.25) is 0 Å². The van der Waals surface area contributed by atoms with Crippen molar-refractivity contribution in [3.05, 3.63) is 139 Å². The smallest absolute Gasteiger partial charge is 0.135 e. The molecule has 0 fully saturated rings. The van der Waals surface area contributed by atoms with Gasteiger partial charge in [-0.1, -0.05) is 80.6 Å². The number of hydrogen-bond donors (Lipinski definition) is 0. The Hall–Kier alpha value is -5.54. The Morgan fingerprint density at radius 2 is 1.30 bits per heavy atom. The molecule has 3 aromatic heterocycles. The first-order chi connectivity index (χ1) is 21.6. The molecule has 208 valence electrons. The highest BCUT2D eigenvalue weighted by atomic mass is 16.3. The maximum atomic E-state index is 6.30. The lowest BCUT2D eigenvalue weighted by Gasteiger charge is -2.23. The molecule has 10 rings (SSSR count). The number of nitrogens with zero attached hydrogens (tertiary/aromatic N) is 1. The third-order valence-corrected chi connectivity index (χ3v) is 9.78. The lowest BCUT2D eigenvalue weighted by Crippen LogP contribution is -2.15. The van der Waals surface area contributed by atoms with Crippen LogP contribution in [0.15, 0.2) is 136 Å². The summed E-state index contributed by atoms with van der Waals surface area (Å²) in [5.74, 6) is 0.889. The van der Waals surface area contributed by atoms with Crippen molar-refractivity contribution in [2.75, 3.05) is 0 Å². The van der Waals surface area contributed by atoms with Gasteiger partial charge < -0.3 is 13.4 Å². The van der Waals surface area contributed by atoms with Gasteiger partial charge in [-0.15, -0.1) is 0 Å². The summed E-state index contributed by atoms with van der Waals surface area (Å²) in [6.45, 7) is 4.71. The molecule has 6 aromatic carbocycles. The van der Waals surface area contributed by atoms with Crippen LogP contribution in [-0.2, 0) is 5.41 Å². The van der Waals surface area contributed by atoms with Crippen LogP contribution < -0.4 is 0 Å². The SMILES string of the molecule is CC1(C)c2cc(-n3c4ccccc4c4cc(-c5cc6ccccc6o5)ccc43)ccc2-c2ccc3oc4ccccc4c3c21. The monoisotopic (exact) mass is 565 g/mol. The molecule has 9 aromatic rings. The van der Waals surface area contributed by atoms with Gasteiger partial charge in [-0.25, -0.2) is 0 Å². The molecule has 3 heteroatoms. The maximum absolute atomic E-state index is 6.30. The summed E-state index contributed by atoms with van der Waals surface area (Å²) in [6, 6.07) is 45.5. The number of rotatable bonds is 2. The van der Waals surface area contributed by atoms with Crippen LogP contribution in [0.4, 0.5) is 0 Å². The fraction of sp³-hybridized carbons (Fsp3) is 0.0732. The van der Waals surface area contributed by atoms with Gasteiger partial charge in [0.15, 0.2) is 0 Å². The van der Waals surface area contributed by atoms with E-state index in [0.29, 0.717) is 0 Å². The molecule has 0 bridgehead atoms. The highest BCUT2D eigenvalue weighted by Gasteiger charge is 2.38. The summed E-state index contributed by atoms with van der Waals surface area (Å²) in [7, 11) is 0. The average molecular weight is 566 g/mol. The fourth-order valence-corrected chi connectivity index (χ4v) is 7.78. The summed E-state index contributed by atoms with van der Waals surface area (Å²) >= 11 is 0. The van der Waals surface area contributed by atoms with Crippen molar-refractivity contribution in [2.24, 2.45) is 0 Å². The van der Waals surface area contributed by atoms with E-state index in [4.69, 9.17) is 8.83 Å². The summed E-state index contributed by atoms with van der Waals surface area (Å²) < 4.78 is 15.0. The van der Waals surface area contributed by atoms with E-state index in [-0.39, 0.29) is 5.41 Å². The summed E-state index contributed by atoms with van der Waals surface area (Å²) in [4.78, 5) is 0.